The van der Waals surface area contributed by atoms with Crippen LogP contribution in [0.15, 0.2) is 47.1 Å². The highest BCUT2D eigenvalue weighted by Crippen LogP contribution is 2.30. The Morgan fingerprint density at radius 1 is 1.12 bits per heavy atom. The van der Waals surface area contributed by atoms with Crippen LogP contribution in [0, 0.1) is 0 Å². The third-order valence-corrected chi connectivity index (χ3v) is 4.93. The lowest BCUT2D eigenvalue weighted by Gasteiger charge is -2.41. The Morgan fingerprint density at radius 2 is 2.00 bits per heavy atom. The first-order chi connectivity index (χ1) is 12.3. The lowest BCUT2D eigenvalue weighted by Crippen LogP contribution is -2.51. The van der Waals surface area contributed by atoms with Crippen molar-refractivity contribution in [1.29, 1.82) is 0 Å². The average Bonchev–Trinajstić information content (AvgIpc) is 3.13. The predicted octanol–water partition coefficient (Wildman–Crippen LogP) is 2.94. The van der Waals surface area contributed by atoms with Crippen LogP contribution in [-0.2, 0) is 6.54 Å². The summed E-state index contributed by atoms with van der Waals surface area (Å²) in [5.74, 6) is 0.932. The van der Waals surface area contributed by atoms with Crippen molar-refractivity contribution in [1.82, 2.24) is 15.2 Å². The molecule has 1 saturated heterocycles. The van der Waals surface area contributed by atoms with E-state index in [1.807, 2.05) is 24.3 Å². The molecule has 1 aliphatic heterocycles. The van der Waals surface area contributed by atoms with Crippen LogP contribution in [0.4, 0.5) is 5.69 Å². The zero-order valence-corrected chi connectivity index (χ0v) is 14.6. The van der Waals surface area contributed by atoms with Crippen molar-refractivity contribution in [2.75, 3.05) is 31.6 Å². The summed E-state index contributed by atoms with van der Waals surface area (Å²) in [5, 5.41) is 7.99. The second kappa shape index (κ2) is 6.72. The molecular weight excluding hydrogens is 316 g/mol. The zero-order valence-electron chi connectivity index (χ0n) is 14.6. The fourth-order valence-electron chi connectivity index (χ4n) is 3.55. The van der Waals surface area contributed by atoms with Crippen LogP contribution in [0.1, 0.15) is 12.5 Å². The van der Waals surface area contributed by atoms with Crippen LogP contribution >= 0.6 is 0 Å². The van der Waals surface area contributed by atoms with E-state index in [0.717, 1.165) is 48.5 Å². The molecule has 1 aromatic heterocycles. The molecule has 2 aromatic carbocycles. The highest BCUT2D eigenvalue weighted by Gasteiger charge is 2.26. The van der Waals surface area contributed by atoms with E-state index in [0.29, 0.717) is 6.04 Å². The Kier molecular flexibility index (Phi) is 4.28. The third kappa shape index (κ3) is 3.05. The van der Waals surface area contributed by atoms with Crippen LogP contribution in [0.2, 0.25) is 0 Å². The normalized spacial score (nSPS) is 18.6. The minimum Gasteiger partial charge on any atom is -0.495 e. The average molecular weight is 338 g/mol. The number of rotatable bonds is 4. The van der Waals surface area contributed by atoms with Crippen molar-refractivity contribution in [2.24, 2.45) is 0 Å². The summed E-state index contributed by atoms with van der Waals surface area (Å²) in [6, 6.07) is 14.7. The lowest BCUT2D eigenvalue weighted by atomic mass is 10.1. The van der Waals surface area contributed by atoms with Gasteiger partial charge in [0, 0.05) is 32.2 Å². The number of para-hydroxylation sites is 2. The zero-order chi connectivity index (χ0) is 17.2. The molecule has 4 rings (SSSR count). The molecule has 1 atom stereocenters. The number of benzene rings is 2. The van der Waals surface area contributed by atoms with Gasteiger partial charge in [0.2, 0.25) is 0 Å². The summed E-state index contributed by atoms with van der Waals surface area (Å²) in [5.41, 5.74) is 4.01. The van der Waals surface area contributed by atoms with Crippen molar-refractivity contribution in [2.45, 2.75) is 19.5 Å². The molecule has 6 heteroatoms. The molecule has 0 spiro atoms. The molecule has 0 amide bonds. The standard InChI is InChI=1S/C19H22N4O2/c1-14-12-23(17-8-3-4-9-18(17)24-2)11-10-22(14)13-15-6-5-7-16-19(15)21-25-20-16/h3-9,14H,10-13H2,1-2H3. The van der Waals surface area contributed by atoms with E-state index >= 15 is 0 Å². The largest absolute Gasteiger partial charge is 0.495 e. The maximum atomic E-state index is 5.51. The highest BCUT2D eigenvalue weighted by molar-refractivity contribution is 5.76. The van der Waals surface area contributed by atoms with Gasteiger partial charge >= 0.3 is 0 Å². The van der Waals surface area contributed by atoms with Crippen LogP contribution in [0.5, 0.6) is 5.75 Å². The molecule has 1 unspecified atom stereocenters. The molecule has 0 bridgehead atoms. The molecular formula is C19H22N4O2. The summed E-state index contributed by atoms with van der Waals surface area (Å²) in [6.45, 7) is 6.04. The molecule has 0 saturated carbocycles. The van der Waals surface area contributed by atoms with Gasteiger partial charge in [-0.25, -0.2) is 4.63 Å². The van der Waals surface area contributed by atoms with Gasteiger partial charge in [-0.15, -0.1) is 0 Å². The van der Waals surface area contributed by atoms with Crippen LogP contribution in [-0.4, -0.2) is 48.0 Å². The number of hydrogen-bond acceptors (Lipinski definition) is 6. The summed E-state index contributed by atoms with van der Waals surface area (Å²) >= 11 is 0. The molecule has 1 fully saturated rings. The number of ether oxygens (including phenoxy) is 1. The van der Waals surface area contributed by atoms with E-state index in [9.17, 15) is 0 Å². The Labute approximate surface area is 146 Å². The first kappa shape index (κ1) is 15.9. The summed E-state index contributed by atoms with van der Waals surface area (Å²) in [6.07, 6.45) is 0. The second-order valence-corrected chi connectivity index (χ2v) is 6.49. The Hall–Kier alpha value is -2.60. The molecule has 130 valence electrons. The fraction of sp³-hybridized carbons (Fsp3) is 0.368. The van der Waals surface area contributed by atoms with E-state index in [1.165, 1.54) is 5.69 Å². The molecule has 0 aliphatic carbocycles. The molecule has 2 heterocycles. The highest BCUT2D eigenvalue weighted by atomic mass is 16.6. The quantitative estimate of drug-likeness (QED) is 0.729. The van der Waals surface area contributed by atoms with Gasteiger partial charge in [-0.3, -0.25) is 4.90 Å². The predicted molar refractivity (Wildman–Crippen MR) is 96.9 cm³/mol. The maximum absolute atomic E-state index is 5.51. The summed E-state index contributed by atoms with van der Waals surface area (Å²) < 4.78 is 10.4. The Balaban J connectivity index is 1.49. The topological polar surface area (TPSA) is 54.6 Å². The number of fused-ring (bicyclic) bond motifs is 1. The Morgan fingerprint density at radius 3 is 2.84 bits per heavy atom. The van der Waals surface area contributed by atoms with Crippen molar-refractivity contribution in [3.8, 4) is 5.75 Å². The van der Waals surface area contributed by atoms with Crippen molar-refractivity contribution in [3.05, 3.63) is 48.0 Å². The summed E-state index contributed by atoms with van der Waals surface area (Å²) in [4.78, 5) is 4.88. The number of piperazine rings is 1. The van der Waals surface area contributed by atoms with E-state index < -0.39 is 0 Å². The maximum Gasteiger partial charge on any atom is 0.142 e. The first-order valence-corrected chi connectivity index (χ1v) is 8.58. The van der Waals surface area contributed by atoms with Gasteiger partial charge < -0.3 is 9.64 Å². The van der Waals surface area contributed by atoms with Gasteiger partial charge in [-0.1, -0.05) is 24.3 Å². The van der Waals surface area contributed by atoms with Gasteiger partial charge in [-0.05, 0) is 41.0 Å². The van der Waals surface area contributed by atoms with E-state index in [2.05, 4.69) is 45.2 Å². The van der Waals surface area contributed by atoms with Crippen LogP contribution in [0.3, 0.4) is 0 Å². The molecule has 1 aliphatic rings. The van der Waals surface area contributed by atoms with Crippen LogP contribution < -0.4 is 9.64 Å². The molecule has 0 radical (unpaired) electrons. The van der Waals surface area contributed by atoms with Gasteiger partial charge in [0.25, 0.3) is 0 Å². The molecule has 25 heavy (non-hydrogen) atoms. The number of aromatic nitrogens is 2. The van der Waals surface area contributed by atoms with Gasteiger partial charge in [0.1, 0.15) is 16.8 Å². The van der Waals surface area contributed by atoms with Crippen molar-refractivity contribution >= 4 is 16.7 Å². The first-order valence-electron chi connectivity index (χ1n) is 8.58. The van der Waals surface area contributed by atoms with E-state index in [4.69, 9.17) is 9.37 Å². The third-order valence-electron chi connectivity index (χ3n) is 4.93. The number of nitrogens with zero attached hydrogens (tertiary/aromatic N) is 4. The lowest BCUT2D eigenvalue weighted by molar-refractivity contribution is 0.181. The minimum atomic E-state index is 0.425. The van der Waals surface area contributed by atoms with Gasteiger partial charge in [0.05, 0.1) is 12.8 Å². The van der Waals surface area contributed by atoms with E-state index in [1.54, 1.807) is 7.11 Å². The number of anilines is 1. The van der Waals surface area contributed by atoms with E-state index in [-0.39, 0.29) is 0 Å². The van der Waals surface area contributed by atoms with Crippen molar-refractivity contribution < 1.29 is 9.37 Å². The monoisotopic (exact) mass is 338 g/mol. The van der Waals surface area contributed by atoms with Crippen molar-refractivity contribution in [3.63, 3.8) is 0 Å². The smallest absolute Gasteiger partial charge is 0.142 e. The SMILES string of the molecule is COc1ccccc1N1CCN(Cc2cccc3nonc23)C(C)C1. The Bertz CT molecular complexity index is 863. The van der Waals surface area contributed by atoms with Crippen LogP contribution in [0.25, 0.3) is 11.0 Å². The molecule has 6 nitrogen and oxygen atoms in total. The minimum absolute atomic E-state index is 0.425. The number of hydrogen-bond donors (Lipinski definition) is 0. The van der Waals surface area contributed by atoms with Gasteiger partial charge in [0.15, 0.2) is 0 Å². The van der Waals surface area contributed by atoms with Gasteiger partial charge in [-0.2, -0.15) is 0 Å². The molecule has 3 aromatic rings. The number of methoxy groups -OCH3 is 1. The fourth-order valence-corrected chi connectivity index (χ4v) is 3.55. The molecule has 0 N–H and O–H groups in total. The summed E-state index contributed by atoms with van der Waals surface area (Å²) in [7, 11) is 1.73. The second-order valence-electron chi connectivity index (χ2n) is 6.49.